The van der Waals surface area contributed by atoms with E-state index in [1.807, 2.05) is 0 Å². The Kier molecular flexibility index (Phi) is 1.66. The highest BCUT2D eigenvalue weighted by Crippen LogP contribution is 2.21. The monoisotopic (exact) mass is 145 g/mol. The molecule has 2 atom stereocenters. The van der Waals surface area contributed by atoms with Gasteiger partial charge in [0.1, 0.15) is 11.8 Å². The molecular weight excluding hydrogens is 134 g/mol. The van der Waals surface area contributed by atoms with E-state index in [-0.39, 0.29) is 0 Å². The summed E-state index contributed by atoms with van der Waals surface area (Å²) < 4.78 is 0. The van der Waals surface area contributed by atoms with Gasteiger partial charge < -0.3 is 10.2 Å². The molecule has 0 aromatic carbocycles. The van der Waals surface area contributed by atoms with Crippen LogP contribution in [0.2, 0.25) is 0 Å². The predicted molar refractivity (Wildman–Crippen MR) is 34.4 cm³/mol. The Morgan fingerprint density at radius 1 is 1.80 bits per heavy atom. The molecule has 4 heteroatoms. The van der Waals surface area contributed by atoms with Gasteiger partial charge in [-0.2, -0.15) is 0 Å². The van der Waals surface area contributed by atoms with Gasteiger partial charge in [-0.3, -0.25) is 10.1 Å². The van der Waals surface area contributed by atoms with Gasteiger partial charge in [0, 0.05) is 0 Å². The maximum Gasteiger partial charge on any atom is 0.323 e. The number of carboxylic acid groups (broad SMARTS) is 1. The Morgan fingerprint density at radius 3 is 2.60 bits per heavy atom. The van der Waals surface area contributed by atoms with Gasteiger partial charge in [-0.05, 0) is 19.8 Å². The van der Waals surface area contributed by atoms with Crippen LogP contribution in [0.1, 0.15) is 19.8 Å². The molecule has 1 aliphatic rings. The molecule has 0 saturated carbocycles. The van der Waals surface area contributed by atoms with Crippen LogP contribution >= 0.6 is 0 Å². The number of rotatable bonds is 1. The third-order valence-corrected chi connectivity index (χ3v) is 1.87. The second-order valence-electron chi connectivity index (χ2n) is 2.84. The zero-order valence-electron chi connectivity index (χ0n) is 5.79. The lowest BCUT2D eigenvalue weighted by Gasteiger charge is -2.18. The first-order valence-corrected chi connectivity index (χ1v) is 3.24. The Bertz CT molecular complexity index is 159. The third kappa shape index (κ3) is 1.12. The van der Waals surface area contributed by atoms with Crippen LogP contribution < -0.4 is 5.32 Å². The van der Waals surface area contributed by atoms with E-state index in [9.17, 15) is 4.79 Å². The molecule has 0 radical (unpaired) electrons. The molecule has 0 amide bonds. The summed E-state index contributed by atoms with van der Waals surface area (Å²) in [6, 6.07) is 0. The van der Waals surface area contributed by atoms with Crippen molar-refractivity contribution in [1.82, 2.24) is 5.32 Å². The normalized spacial score (nSPS) is 40.0. The number of aliphatic carboxylic acids is 1. The van der Waals surface area contributed by atoms with Gasteiger partial charge in [0.05, 0.1) is 0 Å². The molecule has 0 aromatic rings. The summed E-state index contributed by atoms with van der Waals surface area (Å²) in [5, 5.41) is 20.1. The fourth-order valence-electron chi connectivity index (χ4n) is 1.11. The second-order valence-corrected chi connectivity index (χ2v) is 2.84. The van der Waals surface area contributed by atoms with Crippen LogP contribution in [0.25, 0.3) is 0 Å². The van der Waals surface area contributed by atoms with Crippen LogP contribution in [0, 0.1) is 0 Å². The molecule has 0 bridgehead atoms. The highest BCUT2D eigenvalue weighted by Gasteiger charge is 2.39. The summed E-state index contributed by atoms with van der Waals surface area (Å²) in [4.78, 5) is 10.5. The second kappa shape index (κ2) is 2.21. The molecule has 4 nitrogen and oxygen atoms in total. The Hall–Kier alpha value is -0.610. The molecule has 1 unspecified atom stereocenters. The molecule has 1 fully saturated rings. The number of nitrogens with one attached hydrogen (secondary N) is 1. The van der Waals surface area contributed by atoms with Crippen LogP contribution in [0.5, 0.6) is 0 Å². The van der Waals surface area contributed by atoms with Gasteiger partial charge in [0.2, 0.25) is 0 Å². The van der Waals surface area contributed by atoms with Gasteiger partial charge >= 0.3 is 5.97 Å². The number of carboxylic acids is 1. The van der Waals surface area contributed by atoms with Crippen molar-refractivity contribution in [3.8, 4) is 0 Å². The number of aliphatic hydroxyl groups is 1. The first kappa shape index (κ1) is 7.50. The molecule has 0 aromatic heterocycles. The van der Waals surface area contributed by atoms with E-state index in [4.69, 9.17) is 10.2 Å². The molecule has 0 spiro atoms. The van der Waals surface area contributed by atoms with E-state index in [0.717, 1.165) is 0 Å². The lowest BCUT2D eigenvalue weighted by atomic mass is 10.0. The zero-order valence-corrected chi connectivity index (χ0v) is 5.79. The summed E-state index contributed by atoms with van der Waals surface area (Å²) in [6.45, 7) is 1.57. The number of carbonyl (C=O) groups is 1. The molecule has 58 valence electrons. The first-order chi connectivity index (χ1) is 4.54. The quantitative estimate of drug-likeness (QED) is 0.466. The highest BCUT2D eigenvalue weighted by molar-refractivity contribution is 5.78. The van der Waals surface area contributed by atoms with Crippen molar-refractivity contribution < 1.29 is 15.0 Å². The van der Waals surface area contributed by atoms with Crippen LogP contribution in [0.4, 0.5) is 0 Å². The topological polar surface area (TPSA) is 69.6 Å². The van der Waals surface area contributed by atoms with E-state index in [2.05, 4.69) is 5.32 Å². The Morgan fingerprint density at radius 2 is 2.40 bits per heavy atom. The van der Waals surface area contributed by atoms with Gasteiger partial charge in [-0.25, -0.2) is 0 Å². The van der Waals surface area contributed by atoms with E-state index < -0.39 is 17.7 Å². The fraction of sp³-hybridized carbons (Fsp3) is 0.833. The number of aliphatic hydroxyl groups excluding tert-OH is 1. The zero-order chi connectivity index (χ0) is 7.78. The largest absolute Gasteiger partial charge is 0.480 e. The minimum atomic E-state index is -0.917. The number of hydrogen-bond acceptors (Lipinski definition) is 3. The van der Waals surface area contributed by atoms with Crippen molar-refractivity contribution in [3.63, 3.8) is 0 Å². The van der Waals surface area contributed by atoms with Crippen LogP contribution in [0.3, 0.4) is 0 Å². The predicted octanol–water partition coefficient (Wildman–Crippen LogP) is -0.469. The molecule has 1 aliphatic heterocycles. The summed E-state index contributed by atoms with van der Waals surface area (Å²) in [5.41, 5.74) is -0.917. The van der Waals surface area contributed by atoms with Crippen LogP contribution in [-0.4, -0.2) is 27.9 Å². The highest BCUT2D eigenvalue weighted by atomic mass is 16.4. The maximum absolute atomic E-state index is 10.5. The van der Waals surface area contributed by atoms with Crippen LogP contribution in [-0.2, 0) is 4.79 Å². The van der Waals surface area contributed by atoms with Crippen molar-refractivity contribution >= 4 is 5.97 Å². The summed E-state index contributed by atoms with van der Waals surface area (Å²) in [5.74, 6) is -0.899. The molecule has 1 rings (SSSR count). The van der Waals surface area contributed by atoms with Gasteiger partial charge in [0.25, 0.3) is 0 Å². The van der Waals surface area contributed by atoms with Gasteiger partial charge in [0.15, 0.2) is 0 Å². The smallest absolute Gasteiger partial charge is 0.323 e. The molecule has 3 N–H and O–H groups in total. The Labute approximate surface area is 58.9 Å². The minimum absolute atomic E-state index is 0.490. The van der Waals surface area contributed by atoms with Gasteiger partial charge in [-0.15, -0.1) is 0 Å². The molecule has 1 saturated heterocycles. The van der Waals surface area contributed by atoms with Crippen molar-refractivity contribution in [1.29, 1.82) is 0 Å². The average Bonchev–Trinajstić information content (AvgIpc) is 2.13. The minimum Gasteiger partial charge on any atom is -0.480 e. The van der Waals surface area contributed by atoms with E-state index >= 15 is 0 Å². The maximum atomic E-state index is 10.5. The van der Waals surface area contributed by atoms with E-state index in [1.165, 1.54) is 0 Å². The third-order valence-electron chi connectivity index (χ3n) is 1.87. The Balaban J connectivity index is 2.63. The molecule has 0 aliphatic carbocycles. The summed E-state index contributed by atoms with van der Waals surface area (Å²) in [7, 11) is 0. The van der Waals surface area contributed by atoms with Crippen molar-refractivity contribution in [3.05, 3.63) is 0 Å². The molecule has 1 heterocycles. The van der Waals surface area contributed by atoms with E-state index in [0.29, 0.717) is 12.8 Å². The SMILES string of the molecule is C[C@]1(C(=O)O)CCC(O)N1. The number of hydrogen-bond donors (Lipinski definition) is 3. The first-order valence-electron chi connectivity index (χ1n) is 3.24. The van der Waals surface area contributed by atoms with Crippen molar-refractivity contribution in [2.24, 2.45) is 0 Å². The lowest BCUT2D eigenvalue weighted by Crippen LogP contribution is -2.47. The summed E-state index contributed by atoms with van der Waals surface area (Å²) in [6.07, 6.45) is 0.354. The van der Waals surface area contributed by atoms with Crippen molar-refractivity contribution in [2.75, 3.05) is 0 Å². The van der Waals surface area contributed by atoms with Gasteiger partial charge in [-0.1, -0.05) is 0 Å². The molecule has 10 heavy (non-hydrogen) atoms. The van der Waals surface area contributed by atoms with E-state index in [1.54, 1.807) is 6.92 Å². The molecular formula is C6H11NO3. The van der Waals surface area contributed by atoms with Crippen LogP contribution in [0.15, 0.2) is 0 Å². The lowest BCUT2D eigenvalue weighted by molar-refractivity contribution is -0.144. The average molecular weight is 145 g/mol. The standard InChI is InChI=1S/C6H11NO3/c1-6(5(9)10)3-2-4(8)7-6/h4,7-8H,2-3H2,1H3,(H,9,10)/t4?,6-/m1/s1. The summed E-state index contributed by atoms with van der Waals surface area (Å²) >= 11 is 0. The van der Waals surface area contributed by atoms with Crippen molar-refractivity contribution in [2.45, 2.75) is 31.5 Å². The fourth-order valence-corrected chi connectivity index (χ4v) is 1.11.